The van der Waals surface area contributed by atoms with Gasteiger partial charge in [-0.05, 0) is 43.3 Å². The fraction of sp³-hybridized carbons (Fsp3) is 0.250. The Morgan fingerprint density at radius 2 is 2.13 bits per heavy atom. The first-order valence-corrected chi connectivity index (χ1v) is 8.08. The molecule has 0 saturated carbocycles. The zero-order valence-electron chi connectivity index (χ0n) is 12.4. The average Bonchev–Trinajstić information content (AvgIpc) is 2.87. The molecule has 0 spiro atoms. The third-order valence-electron chi connectivity index (χ3n) is 3.92. The van der Waals surface area contributed by atoms with E-state index in [1.165, 1.54) is 28.3 Å². The quantitative estimate of drug-likeness (QED) is 0.782. The normalized spacial score (nSPS) is 14.9. The van der Waals surface area contributed by atoms with Crippen molar-refractivity contribution in [1.29, 1.82) is 0 Å². The standard InChI is InChI=1S/C16H14FN3O2S/c1-20-7-6-11-12(8-20)23-14-13(11)15(21)22-16(19-14)18-10-4-2-9(17)3-5-10/h2-5H,6-8H2,1H3,(H,18,19). The number of thiophene rings is 1. The second-order valence-corrected chi connectivity index (χ2v) is 6.69. The molecule has 2 aromatic heterocycles. The highest BCUT2D eigenvalue weighted by Crippen LogP contribution is 2.32. The first kappa shape index (κ1) is 14.3. The average molecular weight is 331 g/mol. The zero-order chi connectivity index (χ0) is 16.0. The van der Waals surface area contributed by atoms with E-state index in [2.05, 4.69) is 22.2 Å². The van der Waals surface area contributed by atoms with E-state index in [4.69, 9.17) is 4.42 Å². The van der Waals surface area contributed by atoms with Gasteiger partial charge in [0.25, 0.3) is 0 Å². The third-order valence-corrected chi connectivity index (χ3v) is 5.03. The minimum Gasteiger partial charge on any atom is -0.388 e. The fourth-order valence-corrected chi connectivity index (χ4v) is 4.05. The maximum Gasteiger partial charge on any atom is 0.349 e. The number of halogens is 1. The molecule has 0 atom stereocenters. The molecule has 23 heavy (non-hydrogen) atoms. The maximum atomic E-state index is 12.9. The Balaban J connectivity index is 1.75. The van der Waals surface area contributed by atoms with Crippen LogP contribution in [0.5, 0.6) is 0 Å². The molecule has 0 aliphatic carbocycles. The van der Waals surface area contributed by atoms with Crippen LogP contribution in [-0.2, 0) is 13.0 Å². The van der Waals surface area contributed by atoms with E-state index in [1.54, 1.807) is 12.1 Å². The Labute approximate surface area is 135 Å². The van der Waals surface area contributed by atoms with Crippen LogP contribution in [0.1, 0.15) is 10.4 Å². The van der Waals surface area contributed by atoms with Gasteiger partial charge in [0, 0.05) is 23.7 Å². The lowest BCUT2D eigenvalue weighted by atomic mass is 10.1. The van der Waals surface area contributed by atoms with Crippen LogP contribution in [0.2, 0.25) is 0 Å². The lowest BCUT2D eigenvalue weighted by molar-refractivity contribution is 0.317. The number of nitrogens with zero attached hydrogens (tertiary/aromatic N) is 2. The molecule has 7 heteroatoms. The number of fused-ring (bicyclic) bond motifs is 3. The number of aromatic nitrogens is 1. The molecule has 118 valence electrons. The second kappa shape index (κ2) is 5.43. The van der Waals surface area contributed by atoms with Crippen molar-refractivity contribution in [3.63, 3.8) is 0 Å². The van der Waals surface area contributed by atoms with Gasteiger partial charge < -0.3 is 14.6 Å². The minimum atomic E-state index is -0.373. The number of rotatable bonds is 2. The molecule has 3 heterocycles. The maximum absolute atomic E-state index is 12.9. The van der Waals surface area contributed by atoms with Crippen molar-refractivity contribution < 1.29 is 8.81 Å². The first-order valence-electron chi connectivity index (χ1n) is 7.26. The molecule has 4 rings (SSSR count). The number of hydrogen-bond donors (Lipinski definition) is 1. The Bertz CT molecular complexity index is 933. The van der Waals surface area contributed by atoms with Gasteiger partial charge in [0.15, 0.2) is 0 Å². The first-order chi connectivity index (χ1) is 11.1. The van der Waals surface area contributed by atoms with Gasteiger partial charge in [-0.1, -0.05) is 0 Å². The van der Waals surface area contributed by atoms with E-state index in [9.17, 15) is 9.18 Å². The topological polar surface area (TPSA) is 58.4 Å². The van der Waals surface area contributed by atoms with Gasteiger partial charge >= 0.3 is 11.6 Å². The van der Waals surface area contributed by atoms with Crippen molar-refractivity contribution in [2.24, 2.45) is 0 Å². The summed E-state index contributed by atoms with van der Waals surface area (Å²) >= 11 is 1.53. The molecule has 0 fully saturated rings. The van der Waals surface area contributed by atoms with E-state index in [0.717, 1.165) is 25.1 Å². The summed E-state index contributed by atoms with van der Waals surface area (Å²) in [4.78, 5) is 20.8. The molecule has 5 nitrogen and oxygen atoms in total. The molecular weight excluding hydrogens is 317 g/mol. The summed E-state index contributed by atoms with van der Waals surface area (Å²) in [7, 11) is 2.06. The zero-order valence-corrected chi connectivity index (χ0v) is 13.2. The number of anilines is 2. The summed E-state index contributed by atoms with van der Waals surface area (Å²) in [6, 6.07) is 5.92. The van der Waals surface area contributed by atoms with E-state index in [0.29, 0.717) is 15.9 Å². The third kappa shape index (κ3) is 2.62. The summed E-state index contributed by atoms with van der Waals surface area (Å²) < 4.78 is 18.2. The molecular formula is C16H14FN3O2S. The van der Waals surface area contributed by atoms with E-state index in [1.807, 2.05) is 0 Å². The molecule has 1 aromatic carbocycles. The summed E-state index contributed by atoms with van der Waals surface area (Å²) in [5, 5.41) is 3.50. The minimum absolute atomic E-state index is 0.126. The van der Waals surface area contributed by atoms with Gasteiger partial charge in [0.1, 0.15) is 16.0 Å². The molecule has 1 N–H and O–H groups in total. The van der Waals surface area contributed by atoms with Gasteiger partial charge in [-0.25, -0.2) is 9.18 Å². The van der Waals surface area contributed by atoms with E-state index < -0.39 is 0 Å². The van der Waals surface area contributed by atoms with Crippen LogP contribution in [0, 0.1) is 5.82 Å². The monoisotopic (exact) mass is 331 g/mol. The second-order valence-electron chi connectivity index (χ2n) is 5.61. The van der Waals surface area contributed by atoms with Crippen molar-refractivity contribution in [2.45, 2.75) is 13.0 Å². The van der Waals surface area contributed by atoms with Crippen molar-refractivity contribution in [3.05, 3.63) is 50.9 Å². The Morgan fingerprint density at radius 1 is 1.35 bits per heavy atom. The Kier molecular flexibility index (Phi) is 3.39. The Hall–Kier alpha value is -2.25. The largest absolute Gasteiger partial charge is 0.388 e. The van der Waals surface area contributed by atoms with Crippen LogP contribution in [-0.4, -0.2) is 23.5 Å². The highest BCUT2D eigenvalue weighted by atomic mass is 32.1. The number of benzene rings is 1. The number of nitrogens with one attached hydrogen (secondary N) is 1. The van der Waals surface area contributed by atoms with Crippen molar-refractivity contribution in [2.75, 3.05) is 18.9 Å². The van der Waals surface area contributed by atoms with Crippen LogP contribution < -0.4 is 10.9 Å². The van der Waals surface area contributed by atoms with Gasteiger partial charge in [-0.15, -0.1) is 11.3 Å². The van der Waals surface area contributed by atoms with E-state index >= 15 is 0 Å². The molecule has 1 aliphatic heterocycles. The summed E-state index contributed by atoms with van der Waals surface area (Å²) in [5.74, 6) is -0.324. The smallest absolute Gasteiger partial charge is 0.349 e. The van der Waals surface area contributed by atoms with Crippen molar-refractivity contribution in [3.8, 4) is 0 Å². The van der Waals surface area contributed by atoms with Crippen LogP contribution in [0.25, 0.3) is 10.2 Å². The van der Waals surface area contributed by atoms with Gasteiger partial charge in [-0.3, -0.25) is 0 Å². The molecule has 0 bridgehead atoms. The summed E-state index contributed by atoms with van der Waals surface area (Å²) in [5.41, 5.74) is 1.31. The highest BCUT2D eigenvalue weighted by Gasteiger charge is 2.22. The molecule has 0 saturated heterocycles. The van der Waals surface area contributed by atoms with Crippen molar-refractivity contribution in [1.82, 2.24) is 9.88 Å². The van der Waals surface area contributed by atoms with Gasteiger partial charge in [0.05, 0.1) is 0 Å². The van der Waals surface area contributed by atoms with Gasteiger partial charge in [-0.2, -0.15) is 4.98 Å². The van der Waals surface area contributed by atoms with Crippen LogP contribution in [0.4, 0.5) is 16.1 Å². The Morgan fingerprint density at radius 3 is 2.91 bits per heavy atom. The lowest BCUT2D eigenvalue weighted by Gasteiger charge is -2.21. The number of hydrogen-bond acceptors (Lipinski definition) is 6. The summed E-state index contributed by atoms with van der Waals surface area (Å²) in [6.07, 6.45) is 0.836. The van der Waals surface area contributed by atoms with Crippen LogP contribution in [0.15, 0.2) is 33.5 Å². The molecule has 1 aliphatic rings. The number of likely N-dealkylation sites (N-methyl/N-ethyl adjacent to an activating group) is 1. The molecule has 0 amide bonds. The van der Waals surface area contributed by atoms with E-state index in [-0.39, 0.29) is 17.5 Å². The molecule has 3 aromatic rings. The predicted octanol–water partition coefficient (Wildman–Crippen LogP) is 3.12. The predicted molar refractivity (Wildman–Crippen MR) is 87.9 cm³/mol. The fourth-order valence-electron chi connectivity index (χ4n) is 2.77. The molecule has 0 unspecified atom stereocenters. The van der Waals surface area contributed by atoms with Crippen molar-refractivity contribution >= 4 is 33.3 Å². The lowest BCUT2D eigenvalue weighted by Crippen LogP contribution is -2.25. The summed E-state index contributed by atoms with van der Waals surface area (Å²) in [6.45, 7) is 1.75. The van der Waals surface area contributed by atoms with Crippen LogP contribution >= 0.6 is 11.3 Å². The SMILES string of the molecule is CN1CCc2c(sc3nc(Nc4ccc(F)cc4)oc(=O)c23)C1. The highest BCUT2D eigenvalue weighted by molar-refractivity contribution is 7.18. The molecule has 0 radical (unpaired) electrons. The van der Waals surface area contributed by atoms with Gasteiger partial charge in [0.2, 0.25) is 0 Å². The van der Waals surface area contributed by atoms with Crippen LogP contribution in [0.3, 0.4) is 0 Å².